The van der Waals surface area contributed by atoms with Crippen molar-refractivity contribution in [1.82, 2.24) is 4.31 Å². The number of benzene rings is 4. The first kappa shape index (κ1) is 27.3. The third kappa shape index (κ3) is 5.15. The van der Waals surface area contributed by atoms with Crippen LogP contribution < -0.4 is 14.4 Å². The molecule has 1 unspecified atom stereocenters. The van der Waals surface area contributed by atoms with Gasteiger partial charge in [-0.25, -0.2) is 17.7 Å². The lowest BCUT2D eigenvalue weighted by Crippen LogP contribution is -2.46. The van der Waals surface area contributed by atoms with E-state index in [2.05, 4.69) is 0 Å². The number of sulfonamides is 1. The molecule has 1 aliphatic rings. The van der Waals surface area contributed by atoms with Crippen molar-refractivity contribution in [2.24, 2.45) is 0 Å². The first-order chi connectivity index (χ1) is 19.2. The number of carbonyl (C=O) groups is 2. The predicted octanol–water partition coefficient (Wildman–Crippen LogP) is 4.56. The number of rotatable bonds is 9. The van der Waals surface area contributed by atoms with Crippen LogP contribution in [0, 0.1) is 5.82 Å². The zero-order chi connectivity index (χ0) is 28.4. The Morgan fingerprint density at radius 1 is 0.875 bits per heavy atom. The molecule has 8 nitrogen and oxygen atoms in total. The van der Waals surface area contributed by atoms with Crippen molar-refractivity contribution in [3.05, 3.63) is 96.3 Å². The first-order valence-corrected chi connectivity index (χ1v) is 14.0. The largest absolute Gasteiger partial charge is 0.493 e. The molecule has 206 valence electrons. The van der Waals surface area contributed by atoms with E-state index >= 15 is 0 Å². The summed E-state index contributed by atoms with van der Waals surface area (Å²) in [6.07, 6.45) is -0.101. The van der Waals surface area contributed by atoms with Crippen molar-refractivity contribution in [2.45, 2.75) is 23.8 Å². The lowest BCUT2D eigenvalue weighted by atomic mass is 10.1. The maximum Gasteiger partial charge on any atom is 0.252 e. The van der Waals surface area contributed by atoms with Crippen LogP contribution in [-0.4, -0.2) is 51.3 Å². The molecule has 5 rings (SSSR count). The molecule has 0 saturated carbocycles. The third-order valence-electron chi connectivity index (χ3n) is 6.95. The Labute approximate surface area is 231 Å². The van der Waals surface area contributed by atoms with Gasteiger partial charge in [0.05, 0.1) is 31.2 Å². The summed E-state index contributed by atoms with van der Waals surface area (Å²) in [6.45, 7) is -0.0778. The van der Waals surface area contributed by atoms with E-state index in [0.29, 0.717) is 11.5 Å². The highest BCUT2D eigenvalue weighted by molar-refractivity contribution is 7.89. The number of imide groups is 1. The van der Waals surface area contributed by atoms with E-state index < -0.39 is 33.7 Å². The van der Waals surface area contributed by atoms with Crippen molar-refractivity contribution >= 4 is 38.3 Å². The van der Waals surface area contributed by atoms with E-state index in [0.717, 1.165) is 37.7 Å². The number of amides is 2. The number of anilines is 1. The minimum absolute atomic E-state index is 0.0130. The zero-order valence-electron chi connectivity index (χ0n) is 21.9. The van der Waals surface area contributed by atoms with Crippen LogP contribution in [0.5, 0.6) is 11.5 Å². The number of hydrogen-bond donors (Lipinski definition) is 0. The van der Waals surface area contributed by atoms with E-state index in [1.54, 1.807) is 30.3 Å². The van der Waals surface area contributed by atoms with Crippen molar-refractivity contribution in [3.63, 3.8) is 0 Å². The molecule has 0 radical (unpaired) electrons. The van der Waals surface area contributed by atoms with Crippen LogP contribution in [0.2, 0.25) is 0 Å². The van der Waals surface area contributed by atoms with Gasteiger partial charge in [-0.2, -0.15) is 4.31 Å². The molecule has 0 aromatic heterocycles. The van der Waals surface area contributed by atoms with Gasteiger partial charge in [-0.1, -0.05) is 36.4 Å². The van der Waals surface area contributed by atoms with Crippen LogP contribution in [0.15, 0.2) is 89.8 Å². The number of methoxy groups -OCH3 is 2. The number of ether oxygens (including phenoxy) is 2. The molecule has 0 aliphatic carbocycles. The topological polar surface area (TPSA) is 93.2 Å². The minimum atomic E-state index is -4.23. The van der Waals surface area contributed by atoms with Gasteiger partial charge in [0.2, 0.25) is 15.9 Å². The van der Waals surface area contributed by atoms with Gasteiger partial charge in [0.25, 0.3) is 5.91 Å². The predicted molar refractivity (Wildman–Crippen MR) is 148 cm³/mol. The third-order valence-corrected chi connectivity index (χ3v) is 8.86. The number of halogens is 1. The Kier molecular flexibility index (Phi) is 7.55. The highest BCUT2D eigenvalue weighted by Crippen LogP contribution is 2.32. The highest BCUT2D eigenvalue weighted by atomic mass is 32.2. The molecule has 10 heteroatoms. The SMILES string of the molecule is COc1ccc(CCN(C2CC(=O)N(c3ccc(F)cc3)C2=O)S(=O)(=O)c2ccc3ccccc3c2)cc1OC. The van der Waals surface area contributed by atoms with Crippen LogP contribution in [-0.2, 0) is 26.0 Å². The van der Waals surface area contributed by atoms with Crippen molar-refractivity contribution < 1.29 is 31.9 Å². The van der Waals surface area contributed by atoms with Crippen molar-refractivity contribution in [3.8, 4) is 11.5 Å². The summed E-state index contributed by atoms with van der Waals surface area (Å²) in [4.78, 5) is 27.5. The summed E-state index contributed by atoms with van der Waals surface area (Å²) >= 11 is 0. The lowest BCUT2D eigenvalue weighted by molar-refractivity contribution is -0.122. The van der Waals surface area contributed by atoms with Gasteiger partial charge < -0.3 is 9.47 Å². The molecular formula is C30H27FN2O6S. The van der Waals surface area contributed by atoms with Crippen molar-refractivity contribution in [1.29, 1.82) is 0 Å². The summed E-state index contributed by atoms with van der Waals surface area (Å²) < 4.78 is 53.5. The number of carbonyl (C=O) groups excluding carboxylic acids is 2. The van der Waals surface area contributed by atoms with E-state index in [4.69, 9.17) is 9.47 Å². The second-order valence-electron chi connectivity index (χ2n) is 9.33. The maximum atomic E-state index is 14.1. The Bertz CT molecular complexity index is 1690. The fourth-order valence-corrected chi connectivity index (χ4v) is 6.50. The minimum Gasteiger partial charge on any atom is -0.493 e. The van der Waals surface area contributed by atoms with Crippen LogP contribution in [0.25, 0.3) is 10.8 Å². The van der Waals surface area contributed by atoms with Gasteiger partial charge in [-0.05, 0) is 71.3 Å². The number of fused-ring (bicyclic) bond motifs is 1. The summed E-state index contributed by atoms with van der Waals surface area (Å²) in [5, 5.41) is 1.60. The average Bonchev–Trinajstić information content (AvgIpc) is 3.25. The van der Waals surface area contributed by atoms with Crippen LogP contribution in [0.4, 0.5) is 10.1 Å². The zero-order valence-corrected chi connectivity index (χ0v) is 22.7. The number of hydrogen-bond acceptors (Lipinski definition) is 6. The fraction of sp³-hybridized carbons (Fsp3) is 0.200. The van der Waals surface area contributed by atoms with E-state index in [1.165, 1.54) is 32.4 Å². The summed E-state index contributed by atoms with van der Waals surface area (Å²) in [6, 6.07) is 21.0. The van der Waals surface area contributed by atoms with Crippen molar-refractivity contribution in [2.75, 3.05) is 25.7 Å². The lowest BCUT2D eigenvalue weighted by Gasteiger charge is -2.27. The van der Waals surface area contributed by atoms with Gasteiger partial charge in [0.15, 0.2) is 11.5 Å². The first-order valence-electron chi connectivity index (χ1n) is 12.6. The van der Waals surface area contributed by atoms with Crippen LogP contribution >= 0.6 is 0 Å². The van der Waals surface area contributed by atoms with Gasteiger partial charge >= 0.3 is 0 Å². The molecular weight excluding hydrogens is 535 g/mol. The molecule has 1 aliphatic heterocycles. The molecule has 0 spiro atoms. The molecule has 4 aromatic rings. The molecule has 2 amide bonds. The van der Waals surface area contributed by atoms with E-state index in [-0.39, 0.29) is 30.0 Å². The van der Waals surface area contributed by atoms with Gasteiger partial charge in [0.1, 0.15) is 11.9 Å². The molecule has 40 heavy (non-hydrogen) atoms. The normalized spacial score (nSPS) is 15.7. The van der Waals surface area contributed by atoms with E-state index in [1.807, 2.05) is 24.3 Å². The fourth-order valence-electron chi connectivity index (χ4n) is 4.88. The number of nitrogens with zero attached hydrogens (tertiary/aromatic N) is 2. The molecule has 1 atom stereocenters. The Hall–Kier alpha value is -4.28. The van der Waals surface area contributed by atoms with Gasteiger partial charge in [-0.15, -0.1) is 0 Å². The standard InChI is InChI=1S/C30H27FN2O6S/c1-38-27-14-7-20(17-28(27)39-2)15-16-32(40(36,37)25-13-8-21-5-3-4-6-22(21)18-25)26-19-29(34)33(30(26)35)24-11-9-23(31)10-12-24/h3-14,17-18,26H,15-16,19H2,1-2H3. The summed E-state index contributed by atoms with van der Waals surface area (Å²) in [5.74, 6) is -0.758. The monoisotopic (exact) mass is 562 g/mol. The Morgan fingerprint density at radius 2 is 1.57 bits per heavy atom. The molecule has 0 N–H and O–H groups in total. The van der Waals surface area contributed by atoms with Crippen LogP contribution in [0.1, 0.15) is 12.0 Å². The molecule has 1 fully saturated rings. The second kappa shape index (κ2) is 11.1. The highest BCUT2D eigenvalue weighted by Gasteiger charge is 2.46. The molecule has 4 aromatic carbocycles. The smallest absolute Gasteiger partial charge is 0.252 e. The quantitative estimate of drug-likeness (QED) is 0.278. The van der Waals surface area contributed by atoms with Gasteiger partial charge in [-0.3, -0.25) is 9.59 Å². The maximum absolute atomic E-state index is 14.1. The van der Waals surface area contributed by atoms with Crippen LogP contribution in [0.3, 0.4) is 0 Å². The van der Waals surface area contributed by atoms with E-state index in [9.17, 15) is 22.4 Å². The summed E-state index contributed by atoms with van der Waals surface area (Å²) in [7, 11) is -1.20. The summed E-state index contributed by atoms with van der Waals surface area (Å²) in [5.41, 5.74) is 0.936. The average molecular weight is 563 g/mol. The second-order valence-corrected chi connectivity index (χ2v) is 11.2. The Balaban J connectivity index is 1.52. The van der Waals surface area contributed by atoms with Gasteiger partial charge in [0, 0.05) is 6.54 Å². The molecule has 1 saturated heterocycles. The molecule has 1 heterocycles. The Morgan fingerprint density at radius 3 is 2.27 bits per heavy atom. The molecule has 0 bridgehead atoms.